The molecule has 0 radical (unpaired) electrons. The standard InChI is InChI=1S/C11H24N2O/c1-3-5-12-6-8-13(9-7-12)10-11-14-4-2/h3-11H2,1-2H3. The fourth-order valence-electron chi connectivity index (χ4n) is 1.89. The van der Waals surface area contributed by atoms with Crippen molar-refractivity contribution >= 4 is 0 Å². The second-order valence-electron chi connectivity index (χ2n) is 3.88. The largest absolute Gasteiger partial charge is 0.380 e. The minimum Gasteiger partial charge on any atom is -0.380 e. The van der Waals surface area contributed by atoms with Crippen molar-refractivity contribution in [1.82, 2.24) is 9.80 Å². The molecule has 84 valence electrons. The van der Waals surface area contributed by atoms with Crippen LogP contribution in [0.25, 0.3) is 0 Å². The first-order valence-corrected chi connectivity index (χ1v) is 5.89. The lowest BCUT2D eigenvalue weighted by Gasteiger charge is -2.34. The fourth-order valence-corrected chi connectivity index (χ4v) is 1.89. The average molecular weight is 200 g/mol. The van der Waals surface area contributed by atoms with E-state index in [2.05, 4.69) is 23.6 Å². The monoisotopic (exact) mass is 200 g/mol. The molecule has 14 heavy (non-hydrogen) atoms. The third-order valence-corrected chi connectivity index (χ3v) is 2.76. The summed E-state index contributed by atoms with van der Waals surface area (Å²) in [6, 6.07) is 0. The molecule has 0 amide bonds. The Kier molecular flexibility index (Phi) is 6.15. The minimum atomic E-state index is 0.843. The van der Waals surface area contributed by atoms with E-state index < -0.39 is 0 Å². The third kappa shape index (κ3) is 4.40. The molecule has 1 saturated heterocycles. The Labute approximate surface area is 88.0 Å². The molecule has 1 fully saturated rings. The number of hydrogen-bond donors (Lipinski definition) is 0. The summed E-state index contributed by atoms with van der Waals surface area (Å²) in [5.41, 5.74) is 0. The van der Waals surface area contributed by atoms with Crippen LogP contribution in [0, 0.1) is 0 Å². The van der Waals surface area contributed by atoms with Gasteiger partial charge in [0.2, 0.25) is 0 Å². The zero-order valence-corrected chi connectivity index (χ0v) is 9.67. The van der Waals surface area contributed by atoms with Crippen LogP contribution in [0.4, 0.5) is 0 Å². The van der Waals surface area contributed by atoms with Crippen molar-refractivity contribution in [3.05, 3.63) is 0 Å². The van der Waals surface area contributed by atoms with E-state index in [0.29, 0.717) is 0 Å². The van der Waals surface area contributed by atoms with Gasteiger partial charge in [-0.2, -0.15) is 0 Å². The molecule has 0 aromatic rings. The topological polar surface area (TPSA) is 15.7 Å². The summed E-state index contributed by atoms with van der Waals surface area (Å²) in [6.07, 6.45) is 1.28. The minimum absolute atomic E-state index is 0.843. The quantitative estimate of drug-likeness (QED) is 0.596. The highest BCUT2D eigenvalue weighted by Gasteiger charge is 2.14. The van der Waals surface area contributed by atoms with E-state index in [4.69, 9.17) is 4.74 Å². The average Bonchev–Trinajstić information content (AvgIpc) is 2.21. The van der Waals surface area contributed by atoms with Crippen molar-refractivity contribution < 1.29 is 4.74 Å². The van der Waals surface area contributed by atoms with Crippen molar-refractivity contribution in [1.29, 1.82) is 0 Å². The van der Waals surface area contributed by atoms with Gasteiger partial charge < -0.3 is 9.64 Å². The van der Waals surface area contributed by atoms with Crippen LogP contribution in [0.3, 0.4) is 0 Å². The summed E-state index contributed by atoms with van der Waals surface area (Å²) in [6.45, 7) is 13.3. The van der Waals surface area contributed by atoms with Crippen LogP contribution in [0.15, 0.2) is 0 Å². The molecule has 1 rings (SSSR count). The summed E-state index contributed by atoms with van der Waals surface area (Å²) >= 11 is 0. The Morgan fingerprint density at radius 3 is 2.00 bits per heavy atom. The van der Waals surface area contributed by atoms with Crippen LogP contribution in [-0.4, -0.2) is 62.3 Å². The van der Waals surface area contributed by atoms with E-state index in [9.17, 15) is 0 Å². The fraction of sp³-hybridized carbons (Fsp3) is 1.00. The molecule has 3 nitrogen and oxygen atoms in total. The highest BCUT2D eigenvalue weighted by molar-refractivity contribution is 4.71. The Morgan fingerprint density at radius 2 is 1.50 bits per heavy atom. The van der Waals surface area contributed by atoms with Crippen LogP contribution < -0.4 is 0 Å². The first kappa shape index (κ1) is 12.0. The summed E-state index contributed by atoms with van der Waals surface area (Å²) in [5.74, 6) is 0. The summed E-state index contributed by atoms with van der Waals surface area (Å²) < 4.78 is 5.36. The molecule has 0 bridgehead atoms. The summed E-state index contributed by atoms with van der Waals surface area (Å²) in [5, 5.41) is 0. The molecule has 1 aliphatic heterocycles. The number of piperazine rings is 1. The van der Waals surface area contributed by atoms with Gasteiger partial charge in [0.25, 0.3) is 0 Å². The summed E-state index contributed by atoms with van der Waals surface area (Å²) in [7, 11) is 0. The highest BCUT2D eigenvalue weighted by atomic mass is 16.5. The molecule has 0 atom stereocenters. The van der Waals surface area contributed by atoms with E-state index in [0.717, 1.165) is 19.8 Å². The van der Waals surface area contributed by atoms with Gasteiger partial charge in [-0.1, -0.05) is 6.92 Å². The van der Waals surface area contributed by atoms with E-state index in [-0.39, 0.29) is 0 Å². The normalized spacial score (nSPS) is 20.1. The maximum atomic E-state index is 5.36. The van der Waals surface area contributed by atoms with Gasteiger partial charge in [0, 0.05) is 39.3 Å². The number of hydrogen-bond acceptors (Lipinski definition) is 3. The molecule has 1 aliphatic rings. The summed E-state index contributed by atoms with van der Waals surface area (Å²) in [4.78, 5) is 5.05. The molecule has 0 aromatic heterocycles. The Balaban J connectivity index is 2.03. The van der Waals surface area contributed by atoms with Gasteiger partial charge in [0.05, 0.1) is 6.61 Å². The van der Waals surface area contributed by atoms with E-state index >= 15 is 0 Å². The predicted octanol–water partition coefficient (Wildman–Crippen LogP) is 1.05. The molecule has 0 saturated carbocycles. The second-order valence-corrected chi connectivity index (χ2v) is 3.88. The first-order valence-electron chi connectivity index (χ1n) is 5.89. The van der Waals surface area contributed by atoms with Crippen molar-refractivity contribution in [2.24, 2.45) is 0 Å². The van der Waals surface area contributed by atoms with Gasteiger partial charge >= 0.3 is 0 Å². The van der Waals surface area contributed by atoms with Crippen LogP contribution in [0.5, 0.6) is 0 Å². The SMILES string of the molecule is CCCN1CCN(CCOCC)CC1. The van der Waals surface area contributed by atoms with Gasteiger partial charge in [-0.05, 0) is 19.9 Å². The van der Waals surface area contributed by atoms with Crippen LogP contribution in [0.2, 0.25) is 0 Å². The van der Waals surface area contributed by atoms with Crippen molar-refractivity contribution in [3.63, 3.8) is 0 Å². The molecule has 0 unspecified atom stereocenters. The zero-order chi connectivity index (χ0) is 10.2. The van der Waals surface area contributed by atoms with Crippen molar-refractivity contribution in [2.75, 3.05) is 52.5 Å². The van der Waals surface area contributed by atoms with E-state index in [1.807, 2.05) is 0 Å². The Bertz CT molecular complexity index is 133. The van der Waals surface area contributed by atoms with Crippen LogP contribution in [0.1, 0.15) is 20.3 Å². The smallest absolute Gasteiger partial charge is 0.0593 e. The lowest BCUT2D eigenvalue weighted by Crippen LogP contribution is -2.47. The second kappa shape index (κ2) is 7.21. The molecule has 1 heterocycles. The van der Waals surface area contributed by atoms with Gasteiger partial charge in [-0.25, -0.2) is 0 Å². The van der Waals surface area contributed by atoms with Crippen LogP contribution in [-0.2, 0) is 4.74 Å². The van der Waals surface area contributed by atoms with Gasteiger partial charge in [0.1, 0.15) is 0 Å². The number of ether oxygens (including phenoxy) is 1. The maximum absolute atomic E-state index is 5.36. The van der Waals surface area contributed by atoms with E-state index in [1.54, 1.807) is 0 Å². The maximum Gasteiger partial charge on any atom is 0.0593 e. The molecular weight excluding hydrogens is 176 g/mol. The van der Waals surface area contributed by atoms with Gasteiger partial charge in [0.15, 0.2) is 0 Å². The van der Waals surface area contributed by atoms with Gasteiger partial charge in [-0.15, -0.1) is 0 Å². The Hall–Kier alpha value is -0.120. The third-order valence-electron chi connectivity index (χ3n) is 2.76. The van der Waals surface area contributed by atoms with Crippen molar-refractivity contribution in [2.45, 2.75) is 20.3 Å². The highest BCUT2D eigenvalue weighted by Crippen LogP contribution is 2.01. The van der Waals surface area contributed by atoms with Crippen molar-refractivity contribution in [3.8, 4) is 0 Å². The predicted molar refractivity (Wildman–Crippen MR) is 59.7 cm³/mol. The van der Waals surface area contributed by atoms with E-state index in [1.165, 1.54) is 39.1 Å². The molecule has 0 aliphatic carbocycles. The lowest BCUT2D eigenvalue weighted by atomic mass is 10.3. The number of rotatable bonds is 6. The molecule has 0 aromatic carbocycles. The Morgan fingerprint density at radius 1 is 0.929 bits per heavy atom. The van der Waals surface area contributed by atoms with Gasteiger partial charge in [-0.3, -0.25) is 4.90 Å². The lowest BCUT2D eigenvalue weighted by molar-refractivity contribution is 0.0809. The molecule has 0 spiro atoms. The molecule has 0 N–H and O–H groups in total. The number of nitrogens with zero attached hydrogens (tertiary/aromatic N) is 2. The molecular formula is C11H24N2O. The first-order chi connectivity index (χ1) is 6.86. The van der Waals surface area contributed by atoms with Crippen LogP contribution >= 0.6 is 0 Å². The molecule has 3 heteroatoms. The zero-order valence-electron chi connectivity index (χ0n) is 9.67.